The van der Waals surface area contributed by atoms with Crippen LogP contribution in [0.5, 0.6) is 0 Å². The first-order chi connectivity index (χ1) is 30.3. The minimum absolute atomic E-state index is 0.0486. The molecule has 2 atom stereocenters. The maximum Gasteiger partial charge on any atom is 0.472 e. The molecule has 360 valence electrons. The maximum atomic E-state index is 12.6. The summed E-state index contributed by atoms with van der Waals surface area (Å²) in [5.41, 5.74) is 5.36. The molecular weight excluding hydrogens is 798 g/mol. The van der Waals surface area contributed by atoms with Crippen molar-refractivity contribution in [3.8, 4) is 0 Å². The molecule has 0 spiro atoms. The van der Waals surface area contributed by atoms with Crippen LogP contribution in [-0.4, -0.2) is 49.3 Å². The molecule has 0 rings (SSSR count). The van der Waals surface area contributed by atoms with Crippen molar-refractivity contribution >= 4 is 19.8 Å². The van der Waals surface area contributed by atoms with E-state index in [2.05, 4.69) is 74.6 Å². The number of hydrogen-bond acceptors (Lipinski definition) is 8. The highest BCUT2D eigenvalue weighted by molar-refractivity contribution is 7.47. The number of rotatable bonds is 47. The second-order valence-corrected chi connectivity index (χ2v) is 18.1. The molecule has 0 aliphatic carbocycles. The van der Waals surface area contributed by atoms with Gasteiger partial charge in [0, 0.05) is 19.4 Å². The summed E-state index contributed by atoms with van der Waals surface area (Å²) in [6, 6.07) is 0. The molecule has 62 heavy (non-hydrogen) atoms. The molecule has 0 aliphatic rings. The second-order valence-electron chi connectivity index (χ2n) is 16.7. The zero-order valence-electron chi connectivity index (χ0n) is 39.8. The van der Waals surface area contributed by atoms with Gasteiger partial charge >= 0.3 is 19.8 Å². The van der Waals surface area contributed by atoms with Gasteiger partial charge in [-0.15, -0.1) is 0 Å². The van der Waals surface area contributed by atoms with E-state index < -0.39 is 32.5 Å². The fraction of sp³-hybridized carbons (Fsp3) is 0.769. The van der Waals surface area contributed by atoms with Crippen LogP contribution in [0.4, 0.5) is 0 Å². The Morgan fingerprint density at radius 1 is 0.484 bits per heavy atom. The van der Waals surface area contributed by atoms with E-state index in [1.54, 1.807) is 0 Å². The van der Waals surface area contributed by atoms with Crippen LogP contribution in [0.25, 0.3) is 0 Å². The smallest absolute Gasteiger partial charge is 0.462 e. The molecule has 0 aromatic heterocycles. The van der Waals surface area contributed by atoms with Crippen molar-refractivity contribution < 1.29 is 37.6 Å². The van der Waals surface area contributed by atoms with Gasteiger partial charge in [-0.25, -0.2) is 4.57 Å². The number of phosphoric acid groups is 1. The van der Waals surface area contributed by atoms with E-state index in [9.17, 15) is 19.0 Å². The van der Waals surface area contributed by atoms with Gasteiger partial charge in [-0.1, -0.05) is 190 Å². The van der Waals surface area contributed by atoms with E-state index in [-0.39, 0.29) is 32.6 Å². The van der Waals surface area contributed by atoms with Gasteiger partial charge in [-0.2, -0.15) is 0 Å². The molecule has 0 aromatic carbocycles. The predicted molar refractivity (Wildman–Crippen MR) is 261 cm³/mol. The highest BCUT2D eigenvalue weighted by Gasteiger charge is 2.26. The minimum Gasteiger partial charge on any atom is -0.462 e. The maximum absolute atomic E-state index is 12.6. The number of nitrogens with two attached hydrogens (primary N) is 1. The van der Waals surface area contributed by atoms with E-state index in [1.807, 2.05) is 0 Å². The van der Waals surface area contributed by atoms with E-state index >= 15 is 0 Å². The van der Waals surface area contributed by atoms with Crippen LogP contribution in [0.2, 0.25) is 0 Å². The zero-order chi connectivity index (χ0) is 45.3. The molecular formula is C52H94NO8P. The summed E-state index contributed by atoms with van der Waals surface area (Å²) < 4.78 is 32.9. The number of allylic oxidation sites excluding steroid dienone is 10. The number of esters is 2. The standard InChI is InChI=1S/C52H94NO8P/c1-3-5-7-9-11-13-15-17-19-21-22-23-24-25-26-27-28-29-31-33-35-37-39-41-43-45-52(55)61-50(49-60-62(56,57)59-47-46-53)48-58-51(54)44-42-40-38-36-34-32-30-20-18-16-14-12-10-8-6-4-2/h14-17,20-22,24-25,30,50H,3-13,18-19,23,26-29,31-49,53H2,1-2H3,(H,56,57)/b16-14-,17-15-,22-21-,25-24-,30-20-. The fourth-order valence-electron chi connectivity index (χ4n) is 6.85. The highest BCUT2D eigenvalue weighted by Crippen LogP contribution is 2.43. The monoisotopic (exact) mass is 892 g/mol. The lowest BCUT2D eigenvalue weighted by atomic mass is 10.0. The predicted octanol–water partition coefficient (Wildman–Crippen LogP) is 15.2. The number of ether oxygens (including phenoxy) is 2. The summed E-state index contributed by atoms with van der Waals surface area (Å²) in [4.78, 5) is 35.0. The van der Waals surface area contributed by atoms with Crippen LogP contribution in [-0.2, 0) is 32.7 Å². The Morgan fingerprint density at radius 2 is 0.839 bits per heavy atom. The molecule has 0 heterocycles. The van der Waals surface area contributed by atoms with Gasteiger partial charge in [-0.05, 0) is 83.5 Å². The summed E-state index contributed by atoms with van der Waals surface area (Å²) in [7, 11) is -4.39. The summed E-state index contributed by atoms with van der Waals surface area (Å²) in [6.07, 6.45) is 58.2. The van der Waals surface area contributed by atoms with Crippen LogP contribution in [0.1, 0.15) is 226 Å². The van der Waals surface area contributed by atoms with E-state index in [4.69, 9.17) is 24.3 Å². The molecule has 0 aliphatic heterocycles. The van der Waals surface area contributed by atoms with Gasteiger partial charge in [-0.3, -0.25) is 18.6 Å². The molecule has 0 fully saturated rings. The number of carbonyl (C=O) groups is 2. The Labute approximate surface area is 380 Å². The van der Waals surface area contributed by atoms with Crippen molar-refractivity contribution in [2.75, 3.05) is 26.4 Å². The van der Waals surface area contributed by atoms with Crippen molar-refractivity contribution in [1.82, 2.24) is 0 Å². The van der Waals surface area contributed by atoms with Gasteiger partial charge in [0.15, 0.2) is 6.10 Å². The number of hydrogen-bond donors (Lipinski definition) is 2. The third kappa shape index (κ3) is 47.2. The van der Waals surface area contributed by atoms with Gasteiger partial charge in [0.25, 0.3) is 0 Å². The largest absolute Gasteiger partial charge is 0.472 e. The van der Waals surface area contributed by atoms with E-state index in [1.165, 1.54) is 109 Å². The molecule has 0 saturated carbocycles. The molecule has 9 nitrogen and oxygen atoms in total. The third-order valence-corrected chi connectivity index (χ3v) is 11.6. The summed E-state index contributed by atoms with van der Waals surface area (Å²) >= 11 is 0. The quantitative estimate of drug-likeness (QED) is 0.0265. The molecule has 0 aromatic rings. The zero-order valence-corrected chi connectivity index (χ0v) is 40.7. The number of phosphoric ester groups is 1. The Kier molecular flexibility index (Phi) is 46.4. The van der Waals surface area contributed by atoms with Crippen LogP contribution >= 0.6 is 7.82 Å². The van der Waals surface area contributed by atoms with Gasteiger partial charge in [0.1, 0.15) is 6.61 Å². The Hall–Kier alpha value is -2.29. The molecule has 0 bridgehead atoms. The highest BCUT2D eigenvalue weighted by atomic mass is 31.2. The lowest BCUT2D eigenvalue weighted by Crippen LogP contribution is -2.29. The lowest BCUT2D eigenvalue weighted by molar-refractivity contribution is -0.161. The van der Waals surface area contributed by atoms with Crippen LogP contribution in [0, 0.1) is 0 Å². The molecule has 3 N–H and O–H groups in total. The lowest BCUT2D eigenvalue weighted by Gasteiger charge is -2.19. The first-order valence-corrected chi connectivity index (χ1v) is 26.8. The SMILES string of the molecule is CCCCCC/C=C\C/C=C\CCCCCCCC(=O)OCC(COP(=O)(O)OCCN)OC(=O)CCCCCCCCCCCC/C=C\C/C=C\C/C=C\CCCCCCC. The molecule has 0 amide bonds. The summed E-state index contributed by atoms with van der Waals surface area (Å²) in [5.74, 6) is -0.847. The molecule has 0 saturated heterocycles. The Balaban J connectivity index is 4.07. The number of carbonyl (C=O) groups excluding carboxylic acids is 2. The van der Waals surface area contributed by atoms with Crippen molar-refractivity contribution in [3.63, 3.8) is 0 Å². The average Bonchev–Trinajstić information content (AvgIpc) is 3.26. The third-order valence-electron chi connectivity index (χ3n) is 10.6. The van der Waals surface area contributed by atoms with Gasteiger partial charge in [0.05, 0.1) is 13.2 Å². The molecule has 2 unspecified atom stereocenters. The van der Waals surface area contributed by atoms with Gasteiger partial charge in [0.2, 0.25) is 0 Å². The molecule has 0 radical (unpaired) electrons. The first-order valence-electron chi connectivity index (χ1n) is 25.3. The van der Waals surface area contributed by atoms with Crippen molar-refractivity contribution in [2.45, 2.75) is 232 Å². The Bertz CT molecular complexity index is 1200. The average molecular weight is 892 g/mol. The van der Waals surface area contributed by atoms with E-state index in [0.29, 0.717) is 12.8 Å². The number of unbranched alkanes of at least 4 members (excludes halogenated alkanes) is 24. The van der Waals surface area contributed by atoms with Crippen LogP contribution in [0.3, 0.4) is 0 Å². The van der Waals surface area contributed by atoms with Crippen molar-refractivity contribution in [1.29, 1.82) is 0 Å². The van der Waals surface area contributed by atoms with Crippen LogP contribution in [0.15, 0.2) is 60.8 Å². The first kappa shape index (κ1) is 59.7. The summed E-state index contributed by atoms with van der Waals surface area (Å²) in [5, 5.41) is 0. The summed E-state index contributed by atoms with van der Waals surface area (Å²) in [6.45, 7) is 3.70. The molecule has 10 heteroatoms. The van der Waals surface area contributed by atoms with Crippen LogP contribution < -0.4 is 5.73 Å². The van der Waals surface area contributed by atoms with Crippen molar-refractivity contribution in [2.24, 2.45) is 5.73 Å². The van der Waals surface area contributed by atoms with E-state index in [0.717, 1.165) is 77.0 Å². The second kappa shape index (κ2) is 48.2. The minimum atomic E-state index is -4.39. The van der Waals surface area contributed by atoms with Gasteiger partial charge < -0.3 is 20.1 Å². The topological polar surface area (TPSA) is 134 Å². The Morgan fingerprint density at radius 3 is 1.26 bits per heavy atom. The fourth-order valence-corrected chi connectivity index (χ4v) is 7.61. The normalized spacial score (nSPS) is 13.7. The van der Waals surface area contributed by atoms with Crippen molar-refractivity contribution in [3.05, 3.63) is 60.8 Å².